The first kappa shape index (κ1) is 24.9. The van der Waals surface area contributed by atoms with Crippen molar-refractivity contribution in [3.63, 3.8) is 0 Å². The summed E-state index contributed by atoms with van der Waals surface area (Å²) in [6.07, 6.45) is 6.92. The third-order valence-corrected chi connectivity index (χ3v) is 6.85. The fraction of sp³-hybridized carbons (Fsp3) is 0.400. The lowest BCUT2D eigenvalue weighted by atomic mass is 9.84. The average Bonchev–Trinajstić information content (AvgIpc) is 2.88. The van der Waals surface area contributed by atoms with Crippen LogP contribution in [0.15, 0.2) is 79.1 Å². The van der Waals surface area contributed by atoms with Crippen LogP contribution in [0.5, 0.6) is 5.75 Å². The first-order chi connectivity index (χ1) is 17.0. The van der Waals surface area contributed by atoms with Crippen molar-refractivity contribution in [2.24, 2.45) is 5.92 Å². The predicted octanol–water partition coefficient (Wildman–Crippen LogP) is 5.46. The Hall–Kier alpha value is -3.18. The summed E-state index contributed by atoms with van der Waals surface area (Å²) in [5.41, 5.74) is 3.32. The van der Waals surface area contributed by atoms with Gasteiger partial charge in [-0.05, 0) is 87.5 Å². The van der Waals surface area contributed by atoms with E-state index in [4.69, 9.17) is 4.74 Å². The van der Waals surface area contributed by atoms with E-state index in [1.165, 1.54) is 11.1 Å². The highest BCUT2D eigenvalue weighted by Crippen LogP contribution is 2.28. The summed E-state index contributed by atoms with van der Waals surface area (Å²) >= 11 is 0. The normalized spacial score (nSPS) is 15.4. The minimum atomic E-state index is 0.114. The minimum Gasteiger partial charge on any atom is -0.491 e. The Bertz CT molecular complexity index is 1050. The van der Waals surface area contributed by atoms with Crippen molar-refractivity contribution < 1.29 is 9.53 Å². The Morgan fingerprint density at radius 1 is 1.00 bits per heavy atom. The maximum absolute atomic E-state index is 13.1. The van der Waals surface area contributed by atoms with Gasteiger partial charge < -0.3 is 9.64 Å². The number of hydrogen-bond acceptors (Lipinski definition) is 4. The zero-order chi connectivity index (χ0) is 24.6. The first-order valence-electron chi connectivity index (χ1n) is 12.7. The summed E-state index contributed by atoms with van der Waals surface area (Å²) in [4.78, 5) is 21.9. The standard InChI is InChI=1S/C30H37N3O2/c1-23(2)35-28-13-11-27(12-14-28)30(34)33-18-15-26(16-19-33)29(20-24-8-5-4-6-9-24)32(3)22-25-10-7-17-31-21-25/h4-14,17,21,23,26,29H,15-16,18-20,22H2,1-3H3/t29-/m1/s1. The van der Waals surface area contributed by atoms with E-state index in [0.29, 0.717) is 12.0 Å². The summed E-state index contributed by atoms with van der Waals surface area (Å²) in [6, 6.07) is 22.8. The zero-order valence-corrected chi connectivity index (χ0v) is 21.1. The summed E-state index contributed by atoms with van der Waals surface area (Å²) in [5, 5.41) is 0. The Labute approximate surface area is 209 Å². The number of carbonyl (C=O) groups is 1. The molecule has 0 saturated carbocycles. The van der Waals surface area contributed by atoms with Crippen LogP contribution in [0, 0.1) is 5.92 Å². The highest BCUT2D eigenvalue weighted by Gasteiger charge is 2.31. The van der Waals surface area contributed by atoms with Gasteiger partial charge in [0.25, 0.3) is 5.91 Å². The van der Waals surface area contributed by atoms with Gasteiger partial charge >= 0.3 is 0 Å². The largest absolute Gasteiger partial charge is 0.491 e. The Kier molecular flexibility index (Phi) is 8.54. The van der Waals surface area contributed by atoms with Crippen LogP contribution in [0.3, 0.4) is 0 Å². The fourth-order valence-corrected chi connectivity index (χ4v) is 5.05. The number of aromatic nitrogens is 1. The molecular formula is C30H37N3O2. The molecule has 1 saturated heterocycles. The lowest BCUT2D eigenvalue weighted by Crippen LogP contribution is -2.46. The second kappa shape index (κ2) is 12.0. The SMILES string of the molecule is CC(C)Oc1ccc(C(=O)N2CCC([C@@H](Cc3ccccc3)N(C)Cc3cccnc3)CC2)cc1. The van der Waals surface area contributed by atoms with Crippen LogP contribution in [-0.2, 0) is 13.0 Å². The van der Waals surface area contributed by atoms with Gasteiger partial charge in [0.1, 0.15) is 5.75 Å². The second-order valence-corrected chi connectivity index (χ2v) is 9.85. The molecule has 0 bridgehead atoms. The molecule has 184 valence electrons. The number of likely N-dealkylation sites (tertiary alicyclic amines) is 1. The number of pyridine rings is 1. The van der Waals surface area contributed by atoms with Gasteiger partial charge in [0.05, 0.1) is 6.10 Å². The van der Waals surface area contributed by atoms with Gasteiger partial charge in [-0.15, -0.1) is 0 Å². The minimum absolute atomic E-state index is 0.114. The van der Waals surface area contributed by atoms with Crippen LogP contribution < -0.4 is 4.74 Å². The Morgan fingerprint density at radius 2 is 1.69 bits per heavy atom. The van der Waals surface area contributed by atoms with Gasteiger partial charge in [0.2, 0.25) is 0 Å². The van der Waals surface area contributed by atoms with Crippen LogP contribution in [-0.4, -0.2) is 53.0 Å². The molecule has 1 aliphatic rings. The van der Waals surface area contributed by atoms with E-state index >= 15 is 0 Å². The Balaban J connectivity index is 1.41. The smallest absolute Gasteiger partial charge is 0.253 e. The number of ether oxygens (including phenoxy) is 1. The van der Waals surface area contributed by atoms with Crippen LogP contribution in [0.4, 0.5) is 0 Å². The number of nitrogens with zero attached hydrogens (tertiary/aromatic N) is 3. The zero-order valence-electron chi connectivity index (χ0n) is 21.1. The lowest BCUT2D eigenvalue weighted by molar-refractivity contribution is 0.0603. The topological polar surface area (TPSA) is 45.7 Å². The highest BCUT2D eigenvalue weighted by molar-refractivity contribution is 5.94. The second-order valence-electron chi connectivity index (χ2n) is 9.85. The molecule has 0 N–H and O–H groups in total. The molecule has 5 nitrogen and oxygen atoms in total. The van der Waals surface area contributed by atoms with Crippen molar-refractivity contribution in [1.29, 1.82) is 0 Å². The van der Waals surface area contributed by atoms with Gasteiger partial charge in [0, 0.05) is 43.6 Å². The van der Waals surface area contributed by atoms with E-state index in [1.807, 2.05) is 61.5 Å². The summed E-state index contributed by atoms with van der Waals surface area (Å²) in [5.74, 6) is 1.45. The van der Waals surface area contributed by atoms with E-state index in [0.717, 1.165) is 50.2 Å². The van der Waals surface area contributed by atoms with Gasteiger partial charge in [-0.1, -0.05) is 36.4 Å². The maximum Gasteiger partial charge on any atom is 0.253 e. The van der Waals surface area contributed by atoms with Crippen LogP contribution >= 0.6 is 0 Å². The number of carbonyl (C=O) groups excluding carboxylic acids is 1. The summed E-state index contributed by atoms with van der Waals surface area (Å²) < 4.78 is 5.72. The number of likely N-dealkylation sites (N-methyl/N-ethyl adjacent to an activating group) is 1. The van der Waals surface area contributed by atoms with E-state index in [2.05, 4.69) is 53.3 Å². The lowest BCUT2D eigenvalue weighted by Gasteiger charge is -2.40. The van der Waals surface area contributed by atoms with E-state index in [1.54, 1.807) is 0 Å². The average molecular weight is 472 g/mol. The molecule has 0 radical (unpaired) electrons. The van der Waals surface area contributed by atoms with Crippen molar-refractivity contribution in [3.05, 3.63) is 95.8 Å². The summed E-state index contributed by atoms with van der Waals surface area (Å²) in [6.45, 7) is 6.46. The van der Waals surface area contributed by atoms with Crippen LogP contribution in [0.25, 0.3) is 0 Å². The fourth-order valence-electron chi connectivity index (χ4n) is 5.05. The molecule has 35 heavy (non-hydrogen) atoms. The number of rotatable bonds is 9. The quantitative estimate of drug-likeness (QED) is 0.415. The molecular weight excluding hydrogens is 434 g/mol. The van der Waals surface area contributed by atoms with Crippen molar-refractivity contribution in [2.75, 3.05) is 20.1 Å². The predicted molar refractivity (Wildman–Crippen MR) is 140 cm³/mol. The highest BCUT2D eigenvalue weighted by atomic mass is 16.5. The number of benzene rings is 2. The van der Waals surface area contributed by atoms with Crippen LogP contribution in [0.1, 0.15) is 48.2 Å². The third kappa shape index (κ3) is 6.92. The molecule has 0 aliphatic carbocycles. The molecule has 0 unspecified atom stereocenters. The monoisotopic (exact) mass is 471 g/mol. The van der Waals surface area contributed by atoms with E-state index in [9.17, 15) is 4.79 Å². The molecule has 1 aromatic heterocycles. The molecule has 1 fully saturated rings. The molecule has 2 heterocycles. The molecule has 3 aromatic rings. The molecule has 5 heteroatoms. The van der Waals surface area contributed by atoms with Crippen molar-refractivity contribution in [3.8, 4) is 5.75 Å². The van der Waals surface area contributed by atoms with Gasteiger partial charge in [-0.3, -0.25) is 14.7 Å². The Morgan fingerprint density at radius 3 is 2.31 bits per heavy atom. The molecule has 0 spiro atoms. The van der Waals surface area contributed by atoms with Crippen LogP contribution in [0.2, 0.25) is 0 Å². The molecule has 1 amide bonds. The van der Waals surface area contributed by atoms with Gasteiger partial charge in [0.15, 0.2) is 0 Å². The number of hydrogen-bond donors (Lipinski definition) is 0. The molecule has 1 atom stereocenters. The third-order valence-electron chi connectivity index (χ3n) is 6.85. The van der Waals surface area contributed by atoms with Gasteiger partial charge in [-0.25, -0.2) is 0 Å². The van der Waals surface area contributed by atoms with E-state index < -0.39 is 0 Å². The van der Waals surface area contributed by atoms with Crippen molar-refractivity contribution in [2.45, 2.75) is 51.8 Å². The van der Waals surface area contributed by atoms with Crippen molar-refractivity contribution >= 4 is 5.91 Å². The molecule has 1 aliphatic heterocycles. The van der Waals surface area contributed by atoms with E-state index in [-0.39, 0.29) is 12.0 Å². The molecule has 2 aromatic carbocycles. The summed E-state index contributed by atoms with van der Waals surface area (Å²) in [7, 11) is 2.22. The maximum atomic E-state index is 13.1. The molecule has 4 rings (SSSR count). The van der Waals surface area contributed by atoms with Gasteiger partial charge in [-0.2, -0.15) is 0 Å². The van der Waals surface area contributed by atoms with Crippen molar-refractivity contribution in [1.82, 2.24) is 14.8 Å². The first-order valence-corrected chi connectivity index (χ1v) is 12.7. The number of piperidine rings is 1. The number of amides is 1.